The molecule has 0 fully saturated rings. The van der Waals surface area contributed by atoms with E-state index in [1.165, 1.54) is 12.7 Å². The van der Waals surface area contributed by atoms with Crippen LogP contribution in [-0.2, 0) is 4.79 Å². The maximum Gasteiger partial charge on any atom is 0.246 e. The van der Waals surface area contributed by atoms with E-state index in [9.17, 15) is 4.79 Å². The van der Waals surface area contributed by atoms with Crippen LogP contribution in [0.4, 0.5) is 11.5 Å². The van der Waals surface area contributed by atoms with Gasteiger partial charge in [0.2, 0.25) is 5.91 Å². The Bertz CT molecular complexity index is 1830. The molecule has 4 aromatic heterocycles. The van der Waals surface area contributed by atoms with Crippen molar-refractivity contribution in [3.8, 4) is 11.5 Å². The van der Waals surface area contributed by atoms with Gasteiger partial charge in [-0.05, 0) is 75.0 Å². The maximum atomic E-state index is 12.5. The number of hydrogen-bond acceptors (Lipinski definition) is 9. The topological polar surface area (TPSA) is 114 Å². The van der Waals surface area contributed by atoms with Crippen LogP contribution in [0.25, 0.3) is 22.3 Å². The first-order valence-electron chi connectivity index (χ1n) is 13.7. The average molecular weight is 562 g/mol. The van der Waals surface area contributed by atoms with Crippen LogP contribution in [0.1, 0.15) is 17.7 Å². The summed E-state index contributed by atoms with van der Waals surface area (Å²) < 4.78 is 7.80. The van der Waals surface area contributed by atoms with Crippen LogP contribution < -0.4 is 10.1 Å². The zero-order valence-electron chi connectivity index (χ0n) is 23.7. The summed E-state index contributed by atoms with van der Waals surface area (Å²) in [6.07, 6.45) is 11.2. The Morgan fingerprint density at radius 3 is 2.81 bits per heavy atom. The molecule has 0 atom stereocenters. The summed E-state index contributed by atoms with van der Waals surface area (Å²) in [5, 5.41) is 7.52. The molecule has 5 aromatic rings. The molecule has 212 valence electrons. The molecule has 1 aromatic carbocycles. The van der Waals surface area contributed by atoms with Crippen LogP contribution in [0.15, 0.2) is 79.5 Å². The average Bonchev–Trinajstić information content (AvgIpc) is 3.46. The second-order valence-electron chi connectivity index (χ2n) is 10.3. The predicted molar refractivity (Wildman–Crippen MR) is 162 cm³/mol. The molecular formula is C31H31N9O2. The van der Waals surface area contributed by atoms with Crippen molar-refractivity contribution in [2.45, 2.75) is 13.3 Å². The number of nitrogens with zero attached hydrogens (tertiary/aromatic N) is 8. The van der Waals surface area contributed by atoms with Crippen LogP contribution in [0.3, 0.4) is 0 Å². The van der Waals surface area contributed by atoms with Crippen molar-refractivity contribution in [2.75, 3.05) is 39.0 Å². The summed E-state index contributed by atoms with van der Waals surface area (Å²) in [5.74, 6) is 2.07. The largest absolute Gasteiger partial charge is 0.457 e. The number of benzene rings is 1. The van der Waals surface area contributed by atoms with E-state index < -0.39 is 0 Å². The van der Waals surface area contributed by atoms with Gasteiger partial charge in [0, 0.05) is 43.7 Å². The lowest BCUT2D eigenvalue weighted by atomic mass is 10.0. The fraction of sp³-hybridized carbons (Fsp3) is 0.226. The zero-order valence-corrected chi connectivity index (χ0v) is 23.7. The second-order valence-corrected chi connectivity index (χ2v) is 10.3. The quantitative estimate of drug-likeness (QED) is 0.271. The number of fused-ring (bicyclic) bond motifs is 2. The lowest BCUT2D eigenvalue weighted by Gasteiger charge is -2.25. The fourth-order valence-corrected chi connectivity index (χ4v) is 4.75. The number of rotatable bonds is 8. The number of anilines is 2. The van der Waals surface area contributed by atoms with Crippen LogP contribution >= 0.6 is 0 Å². The SMILES string of the molecule is Cc1cc(Nc2ncnc3ccc(C4=CCN(C(=O)/C=C/CN(C)C)CC4)nc23)ccc1Oc1ccn2ncnc2c1. The minimum absolute atomic E-state index is 0.0293. The molecule has 1 amide bonds. The Morgan fingerprint density at radius 2 is 2.00 bits per heavy atom. The fourth-order valence-electron chi connectivity index (χ4n) is 4.75. The van der Waals surface area contributed by atoms with Crippen molar-refractivity contribution < 1.29 is 9.53 Å². The van der Waals surface area contributed by atoms with E-state index >= 15 is 0 Å². The Kier molecular flexibility index (Phi) is 7.56. The van der Waals surface area contributed by atoms with Crippen molar-refractivity contribution >= 4 is 39.7 Å². The Hall–Kier alpha value is -5.16. The molecule has 1 aliphatic heterocycles. The number of carbonyl (C=O) groups excluding carboxylic acids is 1. The smallest absolute Gasteiger partial charge is 0.246 e. The van der Waals surface area contributed by atoms with Crippen molar-refractivity contribution in [1.82, 2.24) is 39.3 Å². The second kappa shape index (κ2) is 11.8. The van der Waals surface area contributed by atoms with E-state index in [1.807, 2.05) is 85.6 Å². The number of ether oxygens (including phenoxy) is 1. The van der Waals surface area contributed by atoms with Gasteiger partial charge < -0.3 is 19.9 Å². The maximum absolute atomic E-state index is 12.5. The summed E-state index contributed by atoms with van der Waals surface area (Å²) in [7, 11) is 3.95. The molecule has 0 spiro atoms. The van der Waals surface area contributed by atoms with Crippen LogP contribution in [0, 0.1) is 6.92 Å². The minimum atomic E-state index is 0.0293. The highest BCUT2D eigenvalue weighted by Gasteiger charge is 2.18. The van der Waals surface area contributed by atoms with Gasteiger partial charge in [0.15, 0.2) is 11.5 Å². The number of carbonyl (C=O) groups is 1. The number of likely N-dealkylation sites (N-methyl/N-ethyl adjacent to an activating group) is 1. The molecule has 6 rings (SSSR count). The molecule has 1 N–H and O–H groups in total. The molecule has 0 unspecified atom stereocenters. The molecule has 0 saturated heterocycles. The molecule has 0 bridgehead atoms. The zero-order chi connectivity index (χ0) is 29.1. The third kappa shape index (κ3) is 5.96. The van der Waals surface area contributed by atoms with E-state index in [-0.39, 0.29) is 5.91 Å². The highest BCUT2D eigenvalue weighted by Crippen LogP contribution is 2.30. The molecule has 0 aliphatic carbocycles. The minimum Gasteiger partial charge on any atom is -0.457 e. The Morgan fingerprint density at radius 1 is 1.10 bits per heavy atom. The first kappa shape index (κ1) is 27.0. The summed E-state index contributed by atoms with van der Waals surface area (Å²) in [6.45, 7) is 3.93. The summed E-state index contributed by atoms with van der Waals surface area (Å²) >= 11 is 0. The Labute approximate surface area is 243 Å². The van der Waals surface area contributed by atoms with Gasteiger partial charge in [-0.15, -0.1) is 0 Å². The van der Waals surface area contributed by atoms with E-state index in [2.05, 4.69) is 31.4 Å². The van der Waals surface area contributed by atoms with Gasteiger partial charge >= 0.3 is 0 Å². The highest BCUT2D eigenvalue weighted by atomic mass is 16.5. The van der Waals surface area contributed by atoms with Gasteiger partial charge in [-0.25, -0.2) is 24.5 Å². The molecule has 0 saturated carbocycles. The first-order chi connectivity index (χ1) is 20.4. The standard InChI is InChI=1S/C31H31N9O2/c1-21-17-23(6-9-27(21)42-24-12-16-40-28(18-24)33-20-35-40)36-31-30-26(32-19-34-31)8-7-25(37-30)22-10-14-39(15-11-22)29(41)5-4-13-38(2)3/h4-10,12,16-20H,11,13-15H2,1-3H3,(H,32,34,36)/b5-4+. The highest BCUT2D eigenvalue weighted by molar-refractivity contribution is 5.90. The number of nitrogens with one attached hydrogen (secondary N) is 1. The van der Waals surface area contributed by atoms with Crippen LogP contribution in [0.5, 0.6) is 11.5 Å². The number of pyridine rings is 2. The third-order valence-corrected chi connectivity index (χ3v) is 6.98. The molecule has 42 heavy (non-hydrogen) atoms. The van der Waals surface area contributed by atoms with Gasteiger partial charge in [0.1, 0.15) is 29.7 Å². The normalized spacial score (nSPS) is 13.7. The number of hydrogen-bond donors (Lipinski definition) is 1. The van der Waals surface area contributed by atoms with Gasteiger partial charge in [0.05, 0.1) is 11.2 Å². The van der Waals surface area contributed by atoms with Gasteiger partial charge in [-0.1, -0.05) is 12.2 Å². The summed E-state index contributed by atoms with van der Waals surface area (Å²) in [5.41, 5.74) is 5.92. The lowest BCUT2D eigenvalue weighted by Crippen LogP contribution is -2.33. The summed E-state index contributed by atoms with van der Waals surface area (Å²) in [6, 6.07) is 13.5. The van der Waals surface area contributed by atoms with Gasteiger partial charge in [-0.2, -0.15) is 5.10 Å². The van der Waals surface area contributed by atoms with Crippen molar-refractivity contribution in [1.29, 1.82) is 0 Å². The van der Waals surface area contributed by atoms with E-state index in [1.54, 1.807) is 10.6 Å². The van der Waals surface area contributed by atoms with Crippen molar-refractivity contribution in [3.63, 3.8) is 0 Å². The molecule has 5 heterocycles. The Balaban J connectivity index is 1.18. The van der Waals surface area contributed by atoms with Crippen molar-refractivity contribution in [3.05, 3.63) is 90.8 Å². The van der Waals surface area contributed by atoms with Crippen molar-refractivity contribution in [2.24, 2.45) is 0 Å². The predicted octanol–water partition coefficient (Wildman–Crippen LogP) is 4.65. The first-order valence-corrected chi connectivity index (χ1v) is 13.7. The number of aryl methyl sites for hydroxylation is 1. The summed E-state index contributed by atoms with van der Waals surface area (Å²) in [4.78, 5) is 34.4. The van der Waals surface area contributed by atoms with Crippen LogP contribution in [-0.4, -0.2) is 79.0 Å². The molecule has 1 aliphatic rings. The number of aromatic nitrogens is 6. The molecule has 0 radical (unpaired) electrons. The molecule has 11 nitrogen and oxygen atoms in total. The number of amides is 1. The van der Waals surface area contributed by atoms with E-state index in [0.717, 1.165) is 46.7 Å². The molecular weight excluding hydrogens is 530 g/mol. The van der Waals surface area contributed by atoms with Gasteiger partial charge in [0.25, 0.3) is 0 Å². The van der Waals surface area contributed by atoms with E-state index in [4.69, 9.17) is 9.72 Å². The third-order valence-electron chi connectivity index (χ3n) is 6.98. The van der Waals surface area contributed by atoms with Crippen LogP contribution in [0.2, 0.25) is 0 Å². The van der Waals surface area contributed by atoms with E-state index in [0.29, 0.717) is 35.8 Å². The monoisotopic (exact) mass is 561 g/mol. The lowest BCUT2D eigenvalue weighted by molar-refractivity contribution is -0.125. The van der Waals surface area contributed by atoms with Gasteiger partial charge in [-0.3, -0.25) is 4.79 Å². The molecule has 11 heteroatoms.